The number of aliphatic hydroxyl groups excluding tert-OH is 1. The summed E-state index contributed by atoms with van der Waals surface area (Å²) < 4.78 is 27.8. The summed E-state index contributed by atoms with van der Waals surface area (Å²) in [4.78, 5) is 24.1. The highest BCUT2D eigenvalue weighted by Crippen LogP contribution is 2.69. The van der Waals surface area contributed by atoms with Gasteiger partial charge in [-0.1, -0.05) is 59.1 Å². The molecule has 4 N–H and O–H groups in total. The number of aliphatic carboxylic acids is 1. The average Bonchev–Trinajstić information content (AvgIpc) is 3.34. The van der Waals surface area contributed by atoms with E-state index < -0.39 is 27.4 Å². The predicted octanol–water partition coefficient (Wildman–Crippen LogP) is 6.72. The first kappa shape index (κ1) is 34.2. The molecule has 1 aromatic carbocycles. The summed E-state index contributed by atoms with van der Waals surface area (Å²) in [5.74, 6) is 2.43. The standard InChI is InChI=1S/C36H56N2O6S/c1-7-25-27-10-8-9-19-35(27,5)29-17-20-36(6)26(15-16-28(36)30(29)31(25)39)22(2)18-21-37-33(42)38-45(43,44)24-13-11-23(12-14-24)34(3,4)32(40)41/h11-14,22,25-31,39H,7-10,15-21H2,1-6H3,(H,40,41)(H2,37,38,42)/t22-,25-,26?,27+,28+,29+,30+,31-,35+,36-/m1/s1. The Bertz CT molecular complexity index is 1360. The van der Waals surface area contributed by atoms with Gasteiger partial charge >= 0.3 is 12.0 Å². The molecule has 5 rings (SSSR count). The number of rotatable bonds is 9. The van der Waals surface area contributed by atoms with Crippen LogP contribution in [-0.2, 0) is 20.2 Å². The second kappa shape index (κ2) is 12.5. The Labute approximate surface area is 270 Å². The van der Waals surface area contributed by atoms with Crippen molar-refractivity contribution in [2.75, 3.05) is 6.54 Å². The third-order valence-corrected chi connectivity index (χ3v) is 15.0. The van der Waals surface area contributed by atoms with Crippen LogP contribution in [0.2, 0.25) is 0 Å². The molecule has 45 heavy (non-hydrogen) atoms. The Morgan fingerprint density at radius 3 is 2.29 bits per heavy atom. The number of carbonyl (C=O) groups is 2. The summed E-state index contributed by atoms with van der Waals surface area (Å²) in [5, 5.41) is 24.1. The third-order valence-electron chi connectivity index (χ3n) is 13.6. The molecule has 4 fully saturated rings. The van der Waals surface area contributed by atoms with Gasteiger partial charge in [0.1, 0.15) is 0 Å². The molecule has 9 heteroatoms. The number of urea groups is 1. The smallest absolute Gasteiger partial charge is 0.328 e. The van der Waals surface area contributed by atoms with Crippen molar-refractivity contribution >= 4 is 22.0 Å². The highest BCUT2D eigenvalue weighted by molar-refractivity contribution is 7.90. The van der Waals surface area contributed by atoms with Gasteiger partial charge < -0.3 is 15.5 Å². The van der Waals surface area contributed by atoms with Crippen LogP contribution in [0.15, 0.2) is 29.2 Å². The van der Waals surface area contributed by atoms with Crippen molar-refractivity contribution in [3.63, 3.8) is 0 Å². The van der Waals surface area contributed by atoms with E-state index in [4.69, 9.17) is 0 Å². The number of fused-ring (bicyclic) bond motifs is 5. The molecule has 0 radical (unpaired) electrons. The van der Waals surface area contributed by atoms with Gasteiger partial charge in [-0.15, -0.1) is 0 Å². The van der Waals surface area contributed by atoms with Crippen molar-refractivity contribution in [3.05, 3.63) is 29.8 Å². The monoisotopic (exact) mass is 644 g/mol. The minimum atomic E-state index is -4.10. The van der Waals surface area contributed by atoms with Gasteiger partial charge in [-0.25, -0.2) is 17.9 Å². The predicted molar refractivity (Wildman–Crippen MR) is 175 cm³/mol. The lowest BCUT2D eigenvalue weighted by Crippen LogP contribution is -2.61. The molecule has 4 saturated carbocycles. The highest BCUT2D eigenvalue weighted by Gasteiger charge is 2.64. The first-order valence-corrected chi connectivity index (χ1v) is 18.9. The van der Waals surface area contributed by atoms with Gasteiger partial charge in [0.2, 0.25) is 0 Å². The van der Waals surface area contributed by atoms with Crippen molar-refractivity contribution < 1.29 is 28.2 Å². The summed E-state index contributed by atoms with van der Waals surface area (Å²) in [5.41, 5.74) is -0.170. The van der Waals surface area contributed by atoms with E-state index in [0.29, 0.717) is 58.9 Å². The van der Waals surface area contributed by atoms with Crippen LogP contribution < -0.4 is 10.0 Å². The molecule has 2 amide bonds. The molecule has 0 spiro atoms. The summed E-state index contributed by atoms with van der Waals surface area (Å²) in [6, 6.07) is 4.82. The quantitative estimate of drug-likeness (QED) is 0.236. The number of sulfonamides is 1. The average molecular weight is 645 g/mol. The van der Waals surface area contributed by atoms with Crippen LogP contribution in [0.3, 0.4) is 0 Å². The molecule has 8 nitrogen and oxygen atoms in total. The number of benzene rings is 1. The van der Waals surface area contributed by atoms with Crippen LogP contribution in [0, 0.1) is 52.3 Å². The SMILES string of the molecule is CC[C@H]1[C@@H](O)[C@@H]2[C@H](CC[C@]3(C)C([C@H](C)CCNC(=O)NS(=O)(=O)c4ccc(C(C)(C)C(=O)O)cc4)CC[C@@H]23)[C@@]2(C)CCCC[C@@H]12. The van der Waals surface area contributed by atoms with E-state index in [1.807, 2.05) is 0 Å². The van der Waals surface area contributed by atoms with Crippen LogP contribution in [0.4, 0.5) is 4.79 Å². The zero-order valence-corrected chi connectivity index (χ0v) is 29.0. The minimum Gasteiger partial charge on any atom is -0.481 e. The van der Waals surface area contributed by atoms with Crippen LogP contribution >= 0.6 is 0 Å². The van der Waals surface area contributed by atoms with Crippen LogP contribution in [-0.4, -0.2) is 43.3 Å². The fraction of sp³-hybridized carbons (Fsp3) is 0.778. The molecule has 0 heterocycles. The van der Waals surface area contributed by atoms with Gasteiger partial charge in [0, 0.05) is 6.54 Å². The lowest BCUT2D eigenvalue weighted by molar-refractivity contribution is -0.194. The summed E-state index contributed by atoms with van der Waals surface area (Å²) in [7, 11) is -4.10. The Morgan fingerprint density at radius 2 is 1.64 bits per heavy atom. The van der Waals surface area contributed by atoms with Gasteiger partial charge in [0.15, 0.2) is 0 Å². The van der Waals surface area contributed by atoms with E-state index in [9.17, 15) is 28.2 Å². The molecular weight excluding hydrogens is 588 g/mol. The number of hydrogen-bond donors (Lipinski definition) is 4. The number of carbonyl (C=O) groups excluding carboxylic acids is 1. The number of hydrogen-bond acceptors (Lipinski definition) is 5. The third kappa shape index (κ3) is 5.94. The normalized spacial score (nSPS) is 37.1. The zero-order chi connectivity index (χ0) is 32.9. The molecular formula is C36H56N2O6S. The Morgan fingerprint density at radius 1 is 0.978 bits per heavy atom. The molecule has 1 aromatic rings. The minimum absolute atomic E-state index is 0.0971. The summed E-state index contributed by atoms with van der Waals surface area (Å²) >= 11 is 0. The highest BCUT2D eigenvalue weighted by atomic mass is 32.2. The molecule has 0 aliphatic heterocycles. The molecule has 0 saturated heterocycles. The Balaban J connectivity index is 1.18. The second-order valence-corrected chi connectivity index (χ2v) is 17.7. The van der Waals surface area contributed by atoms with E-state index >= 15 is 0 Å². The van der Waals surface area contributed by atoms with Crippen molar-refractivity contribution in [1.29, 1.82) is 0 Å². The van der Waals surface area contributed by atoms with E-state index in [1.165, 1.54) is 62.8 Å². The maximum Gasteiger partial charge on any atom is 0.328 e. The maximum absolute atomic E-state index is 12.8. The summed E-state index contributed by atoms with van der Waals surface area (Å²) in [6.45, 7) is 13.1. The van der Waals surface area contributed by atoms with Crippen LogP contribution in [0.25, 0.3) is 0 Å². The Kier molecular flexibility index (Phi) is 9.49. The fourth-order valence-corrected chi connectivity index (χ4v) is 11.9. The molecule has 0 bridgehead atoms. The lowest BCUT2D eigenvalue weighted by Gasteiger charge is -2.64. The van der Waals surface area contributed by atoms with Crippen molar-refractivity contribution in [1.82, 2.24) is 10.0 Å². The Hall–Kier alpha value is -2.13. The molecule has 1 unspecified atom stereocenters. The molecule has 10 atom stereocenters. The van der Waals surface area contributed by atoms with E-state index in [0.717, 1.165) is 25.7 Å². The second-order valence-electron chi connectivity index (χ2n) is 16.0. The van der Waals surface area contributed by atoms with Crippen molar-refractivity contribution in [2.45, 2.75) is 122 Å². The largest absolute Gasteiger partial charge is 0.481 e. The van der Waals surface area contributed by atoms with Crippen LogP contribution in [0.5, 0.6) is 0 Å². The number of amides is 2. The van der Waals surface area contributed by atoms with Crippen molar-refractivity contribution in [3.8, 4) is 0 Å². The van der Waals surface area contributed by atoms with Gasteiger partial charge in [-0.2, -0.15) is 0 Å². The number of aliphatic hydroxyl groups is 1. The van der Waals surface area contributed by atoms with Gasteiger partial charge in [0.05, 0.1) is 16.4 Å². The number of carboxylic acid groups (broad SMARTS) is 1. The summed E-state index contributed by atoms with van der Waals surface area (Å²) in [6.07, 6.45) is 11.5. The molecule has 0 aromatic heterocycles. The lowest BCUT2D eigenvalue weighted by atomic mass is 9.41. The zero-order valence-electron chi connectivity index (χ0n) is 28.1. The first-order chi connectivity index (χ1) is 21.1. The molecule has 4 aliphatic rings. The van der Waals surface area contributed by atoms with Gasteiger partial charge in [0.25, 0.3) is 10.0 Å². The van der Waals surface area contributed by atoms with E-state index in [1.54, 1.807) is 13.8 Å². The van der Waals surface area contributed by atoms with Gasteiger partial charge in [-0.05, 0) is 129 Å². The topological polar surface area (TPSA) is 133 Å². The van der Waals surface area contributed by atoms with E-state index in [2.05, 4.69) is 37.7 Å². The number of nitrogens with one attached hydrogen (secondary N) is 2. The van der Waals surface area contributed by atoms with E-state index in [-0.39, 0.29) is 16.4 Å². The number of carboxylic acids is 1. The van der Waals surface area contributed by atoms with Crippen LogP contribution in [0.1, 0.15) is 111 Å². The first-order valence-electron chi connectivity index (χ1n) is 17.4. The van der Waals surface area contributed by atoms with Crippen molar-refractivity contribution in [2.24, 2.45) is 52.3 Å². The fourth-order valence-electron chi connectivity index (χ4n) is 11.0. The molecule has 4 aliphatic carbocycles. The molecule has 252 valence electrons. The van der Waals surface area contributed by atoms with Gasteiger partial charge in [-0.3, -0.25) is 4.79 Å². The maximum atomic E-state index is 12.8.